The number of carbonyl (C=O) groups is 3. The number of nitrogens with one attached hydrogen (secondary N) is 2. The number of amides is 3. The molecule has 0 saturated carbocycles. The van der Waals surface area contributed by atoms with E-state index in [9.17, 15) is 14.4 Å². The van der Waals surface area contributed by atoms with E-state index in [4.69, 9.17) is 9.47 Å². The molecular weight excluding hydrogens is 494 g/mol. The number of alkyl carbamates (subject to hydrolysis) is 1. The van der Waals surface area contributed by atoms with E-state index in [0.717, 1.165) is 12.0 Å². The lowest BCUT2D eigenvalue weighted by Crippen LogP contribution is -2.54. The molecule has 0 heterocycles. The minimum atomic E-state index is -0.930. The van der Waals surface area contributed by atoms with Crippen LogP contribution in [0.3, 0.4) is 0 Å². The molecule has 8 nitrogen and oxygen atoms in total. The molecule has 0 radical (unpaired) electrons. The van der Waals surface area contributed by atoms with Crippen LogP contribution >= 0.6 is 0 Å². The fourth-order valence-corrected chi connectivity index (χ4v) is 4.26. The minimum Gasteiger partial charge on any atom is -0.497 e. The summed E-state index contributed by atoms with van der Waals surface area (Å²) in [5.41, 5.74) is 1.67. The Morgan fingerprint density at radius 2 is 1.51 bits per heavy atom. The van der Waals surface area contributed by atoms with Crippen molar-refractivity contribution in [3.8, 4) is 5.75 Å². The van der Waals surface area contributed by atoms with E-state index in [2.05, 4.69) is 17.6 Å². The third kappa shape index (κ3) is 9.61. The first-order valence-electron chi connectivity index (χ1n) is 13.6. The number of methoxy groups -OCH3 is 1. The summed E-state index contributed by atoms with van der Waals surface area (Å²) in [5.74, 6) is 0.0767. The van der Waals surface area contributed by atoms with Crippen molar-refractivity contribution in [2.24, 2.45) is 5.92 Å². The molecular formula is C31H45N3O5. The Bertz CT molecular complexity index is 1090. The van der Waals surface area contributed by atoms with Crippen molar-refractivity contribution in [2.75, 3.05) is 12.4 Å². The number of nitrogens with zero attached hydrogens (tertiary/aromatic N) is 1. The topological polar surface area (TPSA) is 97.0 Å². The van der Waals surface area contributed by atoms with Crippen molar-refractivity contribution in [3.63, 3.8) is 0 Å². The van der Waals surface area contributed by atoms with Gasteiger partial charge in [0.1, 0.15) is 23.4 Å². The van der Waals surface area contributed by atoms with Gasteiger partial charge in [0.05, 0.1) is 7.11 Å². The molecule has 8 heteroatoms. The summed E-state index contributed by atoms with van der Waals surface area (Å²) in [6.07, 6.45) is 0.575. The lowest BCUT2D eigenvalue weighted by atomic mass is 9.97. The van der Waals surface area contributed by atoms with Gasteiger partial charge in [-0.05, 0) is 88.8 Å². The highest BCUT2D eigenvalue weighted by Gasteiger charge is 2.38. The molecule has 0 bridgehead atoms. The van der Waals surface area contributed by atoms with Crippen molar-refractivity contribution in [3.05, 3.63) is 59.7 Å². The monoisotopic (exact) mass is 539 g/mol. The highest BCUT2D eigenvalue weighted by atomic mass is 16.6. The molecule has 0 saturated heterocycles. The highest BCUT2D eigenvalue weighted by molar-refractivity contribution is 5.99. The summed E-state index contributed by atoms with van der Waals surface area (Å²) in [6, 6.07) is 12.6. The van der Waals surface area contributed by atoms with Crippen molar-refractivity contribution in [1.82, 2.24) is 10.2 Å². The number of benzene rings is 2. The van der Waals surface area contributed by atoms with E-state index in [-0.39, 0.29) is 23.8 Å². The van der Waals surface area contributed by atoms with E-state index in [1.54, 1.807) is 57.0 Å². The second-order valence-corrected chi connectivity index (χ2v) is 11.4. The zero-order valence-electron chi connectivity index (χ0n) is 24.8. The van der Waals surface area contributed by atoms with Crippen LogP contribution < -0.4 is 15.4 Å². The molecule has 2 rings (SSSR count). The van der Waals surface area contributed by atoms with Gasteiger partial charge in [0.25, 0.3) is 5.91 Å². The molecule has 0 aliphatic carbocycles. The van der Waals surface area contributed by atoms with Crippen LogP contribution in [0.2, 0.25) is 0 Å². The van der Waals surface area contributed by atoms with Crippen molar-refractivity contribution < 1.29 is 23.9 Å². The number of ether oxygens (including phenoxy) is 2. The van der Waals surface area contributed by atoms with Crippen LogP contribution in [-0.4, -0.2) is 47.6 Å². The van der Waals surface area contributed by atoms with Crippen LogP contribution in [-0.2, 0) is 20.7 Å². The maximum Gasteiger partial charge on any atom is 0.408 e. The second-order valence-electron chi connectivity index (χ2n) is 11.4. The minimum absolute atomic E-state index is 0.110. The molecule has 214 valence electrons. The zero-order chi connectivity index (χ0) is 29.3. The Kier molecular flexibility index (Phi) is 11.4. The molecule has 0 aromatic heterocycles. The summed E-state index contributed by atoms with van der Waals surface area (Å²) in [4.78, 5) is 42.3. The van der Waals surface area contributed by atoms with Gasteiger partial charge in [-0.2, -0.15) is 0 Å². The van der Waals surface area contributed by atoms with Gasteiger partial charge >= 0.3 is 6.09 Å². The standard InChI is InChI=1S/C31H45N3O5/c1-10-22-11-13-23(14-12-22)27(28(35)32-24-15-17-25(38-9)18-16-24)34(21(4)5)29(36)26(19-20(2)3)33-30(37)39-31(6,7)8/h11-18,20-21,26-27H,10,19H2,1-9H3,(H,32,35)(H,33,37). The van der Waals surface area contributed by atoms with Gasteiger partial charge < -0.3 is 25.0 Å². The average molecular weight is 540 g/mol. The van der Waals surface area contributed by atoms with Crippen LogP contribution in [0.25, 0.3) is 0 Å². The van der Waals surface area contributed by atoms with Crippen molar-refractivity contribution >= 4 is 23.6 Å². The van der Waals surface area contributed by atoms with E-state index in [1.165, 1.54) is 0 Å². The van der Waals surface area contributed by atoms with Gasteiger partial charge in [0, 0.05) is 11.7 Å². The Hall–Kier alpha value is -3.55. The summed E-state index contributed by atoms with van der Waals surface area (Å²) >= 11 is 0. The normalized spacial score (nSPS) is 13.0. The molecule has 2 aromatic carbocycles. The Labute approximate surface area is 233 Å². The fourth-order valence-electron chi connectivity index (χ4n) is 4.26. The van der Waals surface area contributed by atoms with Gasteiger partial charge in [0.2, 0.25) is 5.91 Å². The predicted molar refractivity (Wildman–Crippen MR) is 155 cm³/mol. The Balaban J connectivity index is 2.51. The molecule has 2 atom stereocenters. The van der Waals surface area contributed by atoms with E-state index in [1.807, 2.05) is 52.0 Å². The molecule has 39 heavy (non-hydrogen) atoms. The van der Waals surface area contributed by atoms with E-state index < -0.39 is 23.8 Å². The summed E-state index contributed by atoms with van der Waals surface area (Å²) in [6.45, 7) is 15.1. The summed E-state index contributed by atoms with van der Waals surface area (Å²) in [7, 11) is 1.58. The number of anilines is 1. The first-order chi connectivity index (χ1) is 18.2. The predicted octanol–water partition coefficient (Wildman–Crippen LogP) is 6.11. The average Bonchev–Trinajstić information content (AvgIpc) is 2.85. The molecule has 2 aromatic rings. The van der Waals surface area contributed by atoms with Gasteiger partial charge in [-0.3, -0.25) is 9.59 Å². The van der Waals surface area contributed by atoms with Crippen LogP contribution in [0.1, 0.15) is 79.0 Å². The molecule has 0 aliphatic rings. The largest absolute Gasteiger partial charge is 0.497 e. The van der Waals surface area contributed by atoms with Crippen molar-refractivity contribution in [1.29, 1.82) is 0 Å². The third-order valence-electron chi connectivity index (χ3n) is 6.09. The summed E-state index contributed by atoms with van der Waals surface area (Å²) in [5, 5.41) is 5.73. The quantitative estimate of drug-likeness (QED) is 0.359. The van der Waals surface area contributed by atoms with Gasteiger partial charge in [0.15, 0.2) is 0 Å². The van der Waals surface area contributed by atoms with Crippen LogP contribution in [0, 0.1) is 5.92 Å². The molecule has 0 aliphatic heterocycles. The van der Waals surface area contributed by atoms with Gasteiger partial charge in [-0.25, -0.2) is 4.79 Å². The molecule has 0 spiro atoms. The zero-order valence-corrected chi connectivity index (χ0v) is 24.8. The van der Waals surface area contributed by atoms with Crippen LogP contribution in [0.4, 0.5) is 10.5 Å². The highest BCUT2D eigenvalue weighted by Crippen LogP contribution is 2.28. The molecule has 0 fully saturated rings. The van der Waals surface area contributed by atoms with Crippen LogP contribution in [0.15, 0.2) is 48.5 Å². The first kappa shape index (κ1) is 31.7. The SMILES string of the molecule is CCc1ccc(C(C(=O)Nc2ccc(OC)cc2)N(C(=O)C(CC(C)C)NC(=O)OC(C)(C)C)C(C)C)cc1. The number of carbonyl (C=O) groups excluding carboxylic acids is 3. The molecule has 3 amide bonds. The van der Waals surface area contributed by atoms with Gasteiger partial charge in [-0.1, -0.05) is 45.0 Å². The van der Waals surface area contributed by atoms with Gasteiger partial charge in [-0.15, -0.1) is 0 Å². The van der Waals surface area contributed by atoms with E-state index >= 15 is 0 Å². The second kappa shape index (κ2) is 14.0. The summed E-state index contributed by atoms with van der Waals surface area (Å²) < 4.78 is 10.7. The Morgan fingerprint density at radius 1 is 0.923 bits per heavy atom. The Morgan fingerprint density at radius 3 is 1.97 bits per heavy atom. The maximum absolute atomic E-state index is 14.2. The number of hydrogen-bond acceptors (Lipinski definition) is 5. The lowest BCUT2D eigenvalue weighted by Gasteiger charge is -2.37. The lowest BCUT2D eigenvalue weighted by molar-refractivity contribution is -0.143. The smallest absolute Gasteiger partial charge is 0.408 e. The number of rotatable bonds is 11. The first-order valence-corrected chi connectivity index (χ1v) is 13.6. The van der Waals surface area contributed by atoms with Crippen molar-refractivity contribution in [2.45, 2.75) is 92.0 Å². The van der Waals surface area contributed by atoms with Crippen LogP contribution in [0.5, 0.6) is 5.75 Å². The molecule has 2 unspecified atom stereocenters. The third-order valence-corrected chi connectivity index (χ3v) is 6.09. The van der Waals surface area contributed by atoms with E-state index in [0.29, 0.717) is 23.4 Å². The number of aryl methyl sites for hydroxylation is 1. The number of hydrogen-bond donors (Lipinski definition) is 2. The fraction of sp³-hybridized carbons (Fsp3) is 0.516. The molecule has 2 N–H and O–H groups in total. The maximum atomic E-state index is 14.2.